The number of carbonyl (C=O) groups is 1. The van der Waals surface area contributed by atoms with E-state index in [1.165, 1.54) is 0 Å². The Labute approximate surface area is 147 Å². The van der Waals surface area contributed by atoms with E-state index in [1.807, 2.05) is 35.9 Å². The van der Waals surface area contributed by atoms with Gasteiger partial charge in [0.1, 0.15) is 5.82 Å². The molecule has 3 heterocycles. The van der Waals surface area contributed by atoms with Crippen molar-refractivity contribution in [3.05, 3.63) is 29.7 Å². The van der Waals surface area contributed by atoms with E-state index >= 15 is 0 Å². The number of likely N-dealkylation sites (tertiary alicyclic amines) is 1. The number of amides is 1. The van der Waals surface area contributed by atoms with E-state index in [0.717, 1.165) is 17.7 Å². The lowest BCUT2D eigenvalue weighted by Crippen LogP contribution is -2.38. The molecule has 1 aliphatic rings. The zero-order valence-electron chi connectivity index (χ0n) is 15.1. The summed E-state index contributed by atoms with van der Waals surface area (Å²) in [7, 11) is 3.61. The average molecular weight is 346 g/mol. The van der Waals surface area contributed by atoms with Gasteiger partial charge in [0, 0.05) is 39.0 Å². The molecule has 3 rings (SSSR count). The molecule has 0 aliphatic carbocycles. The lowest BCUT2D eigenvalue weighted by atomic mass is 10.1. The molecule has 2 aromatic heterocycles. The molecule has 8 nitrogen and oxygen atoms in total. The van der Waals surface area contributed by atoms with Gasteiger partial charge in [0.05, 0.1) is 24.9 Å². The number of nitrogen functional groups attached to an aromatic ring is 1. The number of hydrogen-bond donors (Lipinski definition) is 1. The highest BCUT2D eigenvalue weighted by Crippen LogP contribution is 2.23. The number of nitrogens with two attached hydrogens (primary N) is 1. The third kappa shape index (κ3) is 3.84. The van der Waals surface area contributed by atoms with Gasteiger partial charge in [-0.1, -0.05) is 0 Å². The summed E-state index contributed by atoms with van der Waals surface area (Å²) in [6.45, 7) is 3.28. The van der Waals surface area contributed by atoms with Crippen LogP contribution in [0.15, 0.2) is 18.5 Å². The second-order valence-electron chi connectivity index (χ2n) is 6.63. The van der Waals surface area contributed by atoms with E-state index in [9.17, 15) is 4.79 Å². The number of hydrogen-bond acceptors (Lipinski definition) is 5. The predicted octanol–water partition coefficient (Wildman–Crippen LogP) is 0.756. The number of ether oxygens (including phenoxy) is 1. The molecular formula is C17H26N6O2. The molecule has 25 heavy (non-hydrogen) atoms. The Hall–Kier alpha value is -2.35. The Morgan fingerprint density at radius 3 is 2.88 bits per heavy atom. The Morgan fingerprint density at radius 1 is 1.48 bits per heavy atom. The molecule has 0 spiro atoms. The number of aromatic nitrogens is 4. The van der Waals surface area contributed by atoms with Crippen LogP contribution in [0.5, 0.6) is 0 Å². The number of carbonyl (C=O) groups excluding carboxylic acids is 1. The van der Waals surface area contributed by atoms with Crippen LogP contribution in [0.2, 0.25) is 0 Å². The molecule has 8 heteroatoms. The quantitative estimate of drug-likeness (QED) is 0.834. The van der Waals surface area contributed by atoms with Crippen molar-refractivity contribution < 1.29 is 9.53 Å². The Bertz CT molecular complexity index is 737. The Balaban J connectivity index is 1.64. The molecule has 136 valence electrons. The first kappa shape index (κ1) is 17.5. The number of rotatable bonds is 6. The van der Waals surface area contributed by atoms with Gasteiger partial charge in [0.2, 0.25) is 5.91 Å². The molecule has 1 amide bonds. The van der Waals surface area contributed by atoms with Gasteiger partial charge in [-0.25, -0.2) is 0 Å². The van der Waals surface area contributed by atoms with Gasteiger partial charge in [-0.05, 0) is 31.4 Å². The van der Waals surface area contributed by atoms with Crippen LogP contribution in [0, 0.1) is 6.92 Å². The SMILES string of the molecule is CO[C@H]1C[C@@H](Cn2ccc(N)n2)N(C(=O)CCc2cnn(C)c2C)C1. The summed E-state index contributed by atoms with van der Waals surface area (Å²) in [6.07, 6.45) is 5.75. The Morgan fingerprint density at radius 2 is 2.28 bits per heavy atom. The maximum absolute atomic E-state index is 12.8. The van der Waals surface area contributed by atoms with Gasteiger partial charge in [0.25, 0.3) is 0 Å². The molecule has 1 fully saturated rings. The Kier molecular flexibility index (Phi) is 5.08. The number of aryl methyl sites for hydroxylation is 2. The standard InChI is InChI=1S/C17H26N6O2/c1-12-13(9-19-21(12)2)4-5-17(24)23-11-15(25-3)8-14(23)10-22-7-6-16(18)20-22/h6-7,9,14-15H,4-5,8,10-11H2,1-3H3,(H2,18,20)/t14-,15-/m0/s1. The molecule has 1 saturated heterocycles. The molecule has 0 bridgehead atoms. The molecule has 2 atom stereocenters. The summed E-state index contributed by atoms with van der Waals surface area (Å²) in [6, 6.07) is 1.84. The van der Waals surface area contributed by atoms with E-state index in [4.69, 9.17) is 10.5 Å². The number of methoxy groups -OCH3 is 1. The van der Waals surface area contributed by atoms with Crippen molar-refractivity contribution in [2.75, 3.05) is 19.4 Å². The summed E-state index contributed by atoms with van der Waals surface area (Å²) in [4.78, 5) is 14.7. The van der Waals surface area contributed by atoms with Crippen LogP contribution in [0.1, 0.15) is 24.1 Å². The van der Waals surface area contributed by atoms with Crippen molar-refractivity contribution in [2.24, 2.45) is 7.05 Å². The van der Waals surface area contributed by atoms with Crippen molar-refractivity contribution in [1.29, 1.82) is 0 Å². The van der Waals surface area contributed by atoms with Crippen molar-refractivity contribution >= 4 is 11.7 Å². The lowest BCUT2D eigenvalue weighted by molar-refractivity contribution is -0.132. The zero-order chi connectivity index (χ0) is 18.0. The first-order valence-electron chi connectivity index (χ1n) is 8.56. The van der Waals surface area contributed by atoms with E-state index in [0.29, 0.717) is 31.7 Å². The van der Waals surface area contributed by atoms with Crippen molar-refractivity contribution in [3.63, 3.8) is 0 Å². The minimum Gasteiger partial charge on any atom is -0.382 e. The summed E-state index contributed by atoms with van der Waals surface area (Å²) < 4.78 is 9.12. The van der Waals surface area contributed by atoms with Crippen LogP contribution in [0.3, 0.4) is 0 Å². The maximum atomic E-state index is 12.8. The number of anilines is 1. The smallest absolute Gasteiger partial charge is 0.223 e. The molecule has 0 saturated carbocycles. The maximum Gasteiger partial charge on any atom is 0.223 e. The fourth-order valence-corrected chi connectivity index (χ4v) is 3.39. The molecular weight excluding hydrogens is 320 g/mol. The summed E-state index contributed by atoms with van der Waals surface area (Å²) in [5, 5.41) is 8.47. The molecule has 1 aliphatic heterocycles. The summed E-state index contributed by atoms with van der Waals surface area (Å²) >= 11 is 0. The average Bonchev–Trinajstić information content (AvgIpc) is 3.27. The van der Waals surface area contributed by atoms with Crippen molar-refractivity contribution in [3.8, 4) is 0 Å². The third-order valence-corrected chi connectivity index (χ3v) is 5.03. The fourth-order valence-electron chi connectivity index (χ4n) is 3.39. The highest BCUT2D eigenvalue weighted by molar-refractivity contribution is 5.77. The zero-order valence-corrected chi connectivity index (χ0v) is 15.1. The van der Waals surface area contributed by atoms with Crippen molar-refractivity contribution in [2.45, 2.75) is 44.9 Å². The highest BCUT2D eigenvalue weighted by atomic mass is 16.5. The van der Waals surface area contributed by atoms with Crippen LogP contribution in [0.4, 0.5) is 5.82 Å². The van der Waals surface area contributed by atoms with Crippen LogP contribution >= 0.6 is 0 Å². The number of nitrogens with zero attached hydrogens (tertiary/aromatic N) is 5. The van der Waals surface area contributed by atoms with Gasteiger partial charge >= 0.3 is 0 Å². The van der Waals surface area contributed by atoms with E-state index in [1.54, 1.807) is 17.9 Å². The van der Waals surface area contributed by atoms with Gasteiger partial charge < -0.3 is 15.4 Å². The first-order chi connectivity index (χ1) is 12.0. The van der Waals surface area contributed by atoms with E-state index in [-0.39, 0.29) is 18.1 Å². The van der Waals surface area contributed by atoms with Crippen molar-refractivity contribution in [1.82, 2.24) is 24.5 Å². The van der Waals surface area contributed by atoms with Gasteiger partial charge in [-0.3, -0.25) is 14.2 Å². The summed E-state index contributed by atoms with van der Waals surface area (Å²) in [5.74, 6) is 0.638. The fraction of sp³-hybridized carbons (Fsp3) is 0.588. The van der Waals surface area contributed by atoms with E-state index < -0.39 is 0 Å². The molecule has 2 aromatic rings. The molecule has 0 radical (unpaired) electrons. The molecule has 0 aromatic carbocycles. The predicted molar refractivity (Wildman–Crippen MR) is 93.8 cm³/mol. The normalized spacial score (nSPS) is 20.4. The largest absolute Gasteiger partial charge is 0.382 e. The molecule has 2 N–H and O–H groups in total. The summed E-state index contributed by atoms with van der Waals surface area (Å²) in [5.41, 5.74) is 7.91. The van der Waals surface area contributed by atoms with Gasteiger partial charge in [-0.15, -0.1) is 0 Å². The van der Waals surface area contributed by atoms with E-state index in [2.05, 4.69) is 10.2 Å². The van der Waals surface area contributed by atoms with Crippen LogP contribution < -0.4 is 5.73 Å². The van der Waals surface area contributed by atoms with Crippen LogP contribution in [-0.4, -0.2) is 56.2 Å². The van der Waals surface area contributed by atoms with Gasteiger partial charge in [0.15, 0.2) is 0 Å². The van der Waals surface area contributed by atoms with Crippen LogP contribution in [0.25, 0.3) is 0 Å². The second-order valence-corrected chi connectivity index (χ2v) is 6.63. The first-order valence-corrected chi connectivity index (χ1v) is 8.56. The molecule has 0 unspecified atom stereocenters. The highest BCUT2D eigenvalue weighted by Gasteiger charge is 2.35. The lowest BCUT2D eigenvalue weighted by Gasteiger charge is -2.24. The van der Waals surface area contributed by atoms with Gasteiger partial charge in [-0.2, -0.15) is 10.2 Å². The minimum absolute atomic E-state index is 0.0713. The monoisotopic (exact) mass is 346 g/mol. The minimum atomic E-state index is 0.0713. The topological polar surface area (TPSA) is 91.2 Å². The van der Waals surface area contributed by atoms with Crippen LogP contribution in [-0.2, 0) is 29.5 Å². The second kappa shape index (κ2) is 7.26. The third-order valence-electron chi connectivity index (χ3n) is 5.03.